The lowest BCUT2D eigenvalue weighted by molar-refractivity contribution is 0.318. The second-order valence-corrected chi connectivity index (χ2v) is 5.77. The summed E-state index contributed by atoms with van der Waals surface area (Å²) in [6, 6.07) is 7.62. The first-order valence-corrected chi connectivity index (χ1v) is 7.57. The molecule has 0 aliphatic carbocycles. The fraction of sp³-hybridized carbons (Fsp3) is 0.176. The summed E-state index contributed by atoms with van der Waals surface area (Å²) in [4.78, 5) is 0. The summed E-state index contributed by atoms with van der Waals surface area (Å²) < 4.78 is 17.7. The Bertz CT molecular complexity index is 968. The topological polar surface area (TPSA) is 102 Å². The summed E-state index contributed by atoms with van der Waals surface area (Å²) in [6.07, 6.45) is 0. The molecule has 0 aliphatic heterocycles. The number of aromatic hydroxyl groups is 1. The van der Waals surface area contributed by atoms with Gasteiger partial charge in [-0.25, -0.2) is 9.07 Å². The SMILES string of the molecule is Cc1nn(-c2ccc(O)cc2F)c(-n2c(C)ccc2C)c1C(N)=NO. The summed E-state index contributed by atoms with van der Waals surface area (Å²) in [6.45, 7) is 5.48. The number of oxime groups is 1. The fourth-order valence-corrected chi connectivity index (χ4v) is 2.91. The molecule has 25 heavy (non-hydrogen) atoms. The lowest BCUT2D eigenvalue weighted by atomic mass is 10.2. The molecule has 0 atom stereocenters. The van der Waals surface area contributed by atoms with Crippen LogP contribution in [0.2, 0.25) is 0 Å². The van der Waals surface area contributed by atoms with E-state index in [-0.39, 0.29) is 17.3 Å². The van der Waals surface area contributed by atoms with E-state index in [4.69, 9.17) is 10.9 Å². The molecule has 2 aromatic heterocycles. The molecule has 8 heteroatoms. The highest BCUT2D eigenvalue weighted by molar-refractivity contribution is 6.01. The molecule has 0 saturated heterocycles. The lowest BCUT2D eigenvalue weighted by Gasteiger charge is -2.15. The standard InChI is InChI=1S/C17H18FN5O2/c1-9-4-5-10(2)22(9)17-15(16(19)21-25)11(3)20-23(17)14-7-6-12(24)8-13(14)18/h4-8,24-25H,1-3H3,(H2,19,21). The van der Waals surface area contributed by atoms with E-state index in [1.165, 1.54) is 16.8 Å². The molecule has 0 saturated carbocycles. The number of aromatic nitrogens is 3. The Labute approximate surface area is 143 Å². The maximum atomic E-state index is 14.4. The van der Waals surface area contributed by atoms with Crippen LogP contribution in [0.3, 0.4) is 0 Å². The van der Waals surface area contributed by atoms with Crippen molar-refractivity contribution < 1.29 is 14.7 Å². The van der Waals surface area contributed by atoms with Gasteiger partial charge in [0, 0.05) is 17.5 Å². The number of halogens is 1. The van der Waals surface area contributed by atoms with Gasteiger partial charge in [0.15, 0.2) is 17.5 Å². The van der Waals surface area contributed by atoms with Crippen LogP contribution in [-0.2, 0) is 0 Å². The van der Waals surface area contributed by atoms with E-state index in [1.54, 1.807) is 6.92 Å². The zero-order chi connectivity index (χ0) is 18.3. The first-order chi connectivity index (χ1) is 11.8. The summed E-state index contributed by atoms with van der Waals surface area (Å²) in [5, 5.41) is 26.1. The minimum Gasteiger partial charge on any atom is -0.508 e. The maximum Gasteiger partial charge on any atom is 0.175 e. The van der Waals surface area contributed by atoms with Crippen molar-refractivity contribution in [2.24, 2.45) is 10.9 Å². The van der Waals surface area contributed by atoms with Gasteiger partial charge in [-0.1, -0.05) is 5.16 Å². The van der Waals surface area contributed by atoms with E-state index >= 15 is 0 Å². The number of nitrogens with zero attached hydrogens (tertiary/aromatic N) is 4. The van der Waals surface area contributed by atoms with Gasteiger partial charge in [0.05, 0.1) is 11.3 Å². The Kier molecular flexibility index (Phi) is 3.96. The van der Waals surface area contributed by atoms with Crippen LogP contribution in [0.25, 0.3) is 11.5 Å². The molecule has 130 valence electrons. The van der Waals surface area contributed by atoms with E-state index in [2.05, 4.69) is 10.3 Å². The van der Waals surface area contributed by atoms with Crippen molar-refractivity contribution in [3.63, 3.8) is 0 Å². The predicted molar refractivity (Wildman–Crippen MR) is 91.2 cm³/mol. The highest BCUT2D eigenvalue weighted by Gasteiger charge is 2.24. The number of phenolic OH excluding ortho intramolecular Hbond substituents is 1. The molecule has 0 amide bonds. The van der Waals surface area contributed by atoms with E-state index < -0.39 is 5.82 Å². The molecule has 2 heterocycles. The largest absolute Gasteiger partial charge is 0.508 e. The van der Waals surface area contributed by atoms with Gasteiger partial charge >= 0.3 is 0 Å². The number of hydrogen-bond acceptors (Lipinski definition) is 4. The van der Waals surface area contributed by atoms with Crippen molar-refractivity contribution in [2.75, 3.05) is 0 Å². The Morgan fingerprint density at radius 2 is 1.80 bits per heavy atom. The van der Waals surface area contributed by atoms with E-state index in [0.717, 1.165) is 17.5 Å². The summed E-state index contributed by atoms with van der Waals surface area (Å²) in [5.74, 6) is -0.489. The van der Waals surface area contributed by atoms with Gasteiger partial charge in [-0.15, -0.1) is 0 Å². The van der Waals surface area contributed by atoms with Crippen molar-refractivity contribution in [2.45, 2.75) is 20.8 Å². The Balaban J connectivity index is 2.41. The molecule has 4 N–H and O–H groups in total. The van der Waals surface area contributed by atoms with Crippen LogP contribution in [0.15, 0.2) is 35.5 Å². The lowest BCUT2D eigenvalue weighted by Crippen LogP contribution is -2.18. The zero-order valence-corrected chi connectivity index (χ0v) is 14.0. The molecular formula is C17H18FN5O2. The molecule has 1 aromatic carbocycles. The normalized spacial score (nSPS) is 11.9. The average molecular weight is 343 g/mol. The minimum absolute atomic E-state index is 0.120. The van der Waals surface area contributed by atoms with Crippen molar-refractivity contribution >= 4 is 5.84 Å². The number of benzene rings is 1. The van der Waals surface area contributed by atoms with Gasteiger partial charge < -0.3 is 20.6 Å². The van der Waals surface area contributed by atoms with Crippen molar-refractivity contribution in [3.05, 3.63) is 58.8 Å². The molecule has 0 radical (unpaired) electrons. The maximum absolute atomic E-state index is 14.4. The van der Waals surface area contributed by atoms with Gasteiger partial charge in [-0.3, -0.25) is 0 Å². The second-order valence-electron chi connectivity index (χ2n) is 5.77. The number of rotatable bonds is 3. The number of aryl methyl sites for hydroxylation is 3. The minimum atomic E-state index is -0.641. The number of nitrogens with two attached hydrogens (primary N) is 1. The van der Waals surface area contributed by atoms with Gasteiger partial charge in [-0.2, -0.15) is 5.10 Å². The van der Waals surface area contributed by atoms with Crippen molar-refractivity contribution in [1.29, 1.82) is 0 Å². The number of amidine groups is 1. The van der Waals surface area contributed by atoms with E-state index in [9.17, 15) is 9.50 Å². The highest BCUT2D eigenvalue weighted by atomic mass is 19.1. The van der Waals surface area contributed by atoms with Crippen LogP contribution in [0, 0.1) is 26.6 Å². The van der Waals surface area contributed by atoms with Crippen LogP contribution in [0.1, 0.15) is 22.6 Å². The quantitative estimate of drug-likeness (QED) is 0.294. The van der Waals surface area contributed by atoms with Gasteiger partial charge in [0.2, 0.25) is 0 Å². The molecule has 0 bridgehead atoms. The second kappa shape index (κ2) is 5.97. The average Bonchev–Trinajstić information content (AvgIpc) is 3.06. The van der Waals surface area contributed by atoms with Gasteiger partial charge in [0.25, 0.3) is 0 Å². The monoisotopic (exact) mass is 343 g/mol. The van der Waals surface area contributed by atoms with Gasteiger partial charge in [-0.05, 0) is 45.0 Å². The predicted octanol–water partition coefficient (Wildman–Crippen LogP) is 2.53. The first kappa shape index (κ1) is 16.6. The molecule has 0 spiro atoms. The Hall–Kier alpha value is -3.29. The van der Waals surface area contributed by atoms with E-state index in [1.807, 2.05) is 30.5 Å². The molecule has 0 fully saturated rings. The third-order valence-electron chi connectivity index (χ3n) is 4.04. The fourth-order valence-electron chi connectivity index (χ4n) is 2.91. The molecular weight excluding hydrogens is 325 g/mol. The third-order valence-corrected chi connectivity index (χ3v) is 4.04. The number of hydrogen-bond donors (Lipinski definition) is 3. The first-order valence-electron chi connectivity index (χ1n) is 7.57. The number of phenols is 1. The molecule has 3 rings (SSSR count). The summed E-state index contributed by atoms with van der Waals surface area (Å²) in [7, 11) is 0. The highest BCUT2D eigenvalue weighted by Crippen LogP contribution is 2.28. The molecule has 0 aliphatic rings. The van der Waals surface area contributed by atoms with Crippen molar-refractivity contribution in [1.82, 2.24) is 14.3 Å². The smallest absolute Gasteiger partial charge is 0.175 e. The summed E-state index contributed by atoms with van der Waals surface area (Å²) >= 11 is 0. The molecule has 7 nitrogen and oxygen atoms in total. The molecule has 3 aromatic rings. The summed E-state index contributed by atoms with van der Waals surface area (Å²) in [5.41, 5.74) is 8.63. The zero-order valence-electron chi connectivity index (χ0n) is 14.0. The van der Waals surface area contributed by atoms with Crippen LogP contribution in [0.4, 0.5) is 4.39 Å². The van der Waals surface area contributed by atoms with Crippen LogP contribution >= 0.6 is 0 Å². The van der Waals surface area contributed by atoms with Gasteiger partial charge in [0.1, 0.15) is 11.4 Å². The molecule has 0 unspecified atom stereocenters. The van der Waals surface area contributed by atoms with Crippen LogP contribution < -0.4 is 5.73 Å². The van der Waals surface area contributed by atoms with Crippen molar-refractivity contribution in [3.8, 4) is 17.3 Å². The Morgan fingerprint density at radius 1 is 1.16 bits per heavy atom. The van der Waals surface area contributed by atoms with Crippen LogP contribution in [-0.4, -0.2) is 30.5 Å². The Morgan fingerprint density at radius 3 is 2.36 bits per heavy atom. The van der Waals surface area contributed by atoms with Crippen LogP contribution in [0.5, 0.6) is 5.75 Å². The van der Waals surface area contributed by atoms with E-state index in [0.29, 0.717) is 17.1 Å². The third kappa shape index (κ3) is 2.61.